The highest BCUT2D eigenvalue weighted by molar-refractivity contribution is 8.00. The first kappa shape index (κ1) is 17.1. The number of aliphatic carboxylic acids is 1. The zero-order chi connectivity index (χ0) is 15.4. The largest absolute Gasteiger partial charge is 0.481 e. The molecule has 0 unspecified atom stereocenters. The number of carboxylic acid groups (broad SMARTS) is 1. The first-order valence-corrected chi connectivity index (χ1v) is 8.00. The highest BCUT2D eigenvalue weighted by atomic mass is 32.2. The van der Waals surface area contributed by atoms with E-state index in [-0.39, 0.29) is 17.3 Å². The fraction of sp³-hybridized carbons (Fsp3) is 0.857. The molecule has 0 aromatic carbocycles. The second kappa shape index (κ2) is 6.70. The van der Waals surface area contributed by atoms with Gasteiger partial charge in [0.25, 0.3) is 0 Å². The molecule has 0 aromatic rings. The van der Waals surface area contributed by atoms with Gasteiger partial charge in [-0.2, -0.15) is 11.8 Å². The Morgan fingerprint density at radius 3 is 2.40 bits per heavy atom. The van der Waals surface area contributed by atoms with Crippen molar-refractivity contribution in [2.24, 2.45) is 0 Å². The van der Waals surface area contributed by atoms with Crippen molar-refractivity contribution in [2.45, 2.75) is 57.3 Å². The molecule has 1 rings (SSSR count). The lowest BCUT2D eigenvalue weighted by Crippen LogP contribution is -2.63. The Bertz CT molecular complexity index is 359. The van der Waals surface area contributed by atoms with Gasteiger partial charge in [-0.25, -0.2) is 4.79 Å². The molecular formula is C14H25NO4S. The van der Waals surface area contributed by atoms with Gasteiger partial charge in [-0.3, -0.25) is 4.79 Å². The van der Waals surface area contributed by atoms with Crippen LogP contribution in [0.25, 0.3) is 0 Å². The van der Waals surface area contributed by atoms with E-state index in [0.29, 0.717) is 13.1 Å². The zero-order valence-electron chi connectivity index (χ0n) is 12.8. The first-order chi connectivity index (χ1) is 9.17. The highest BCUT2D eigenvalue weighted by Gasteiger charge is 2.48. The van der Waals surface area contributed by atoms with Crippen molar-refractivity contribution in [1.29, 1.82) is 0 Å². The van der Waals surface area contributed by atoms with E-state index < -0.39 is 11.6 Å². The van der Waals surface area contributed by atoms with Crippen LogP contribution >= 0.6 is 11.8 Å². The minimum atomic E-state index is -0.808. The van der Waals surface area contributed by atoms with Crippen LogP contribution in [0.4, 0.5) is 4.79 Å². The van der Waals surface area contributed by atoms with Crippen LogP contribution in [0.3, 0.4) is 0 Å². The van der Waals surface area contributed by atoms with Gasteiger partial charge >= 0.3 is 12.1 Å². The van der Waals surface area contributed by atoms with E-state index in [9.17, 15) is 9.59 Å². The van der Waals surface area contributed by atoms with Crippen LogP contribution in [0.5, 0.6) is 0 Å². The van der Waals surface area contributed by atoms with E-state index in [4.69, 9.17) is 9.84 Å². The summed E-state index contributed by atoms with van der Waals surface area (Å²) >= 11 is 1.67. The Morgan fingerprint density at radius 2 is 1.95 bits per heavy atom. The Hall–Kier alpha value is -0.910. The van der Waals surface area contributed by atoms with E-state index in [1.807, 2.05) is 20.8 Å². The van der Waals surface area contributed by atoms with Crippen LogP contribution in [0.15, 0.2) is 0 Å². The average Bonchev–Trinajstić information content (AvgIpc) is 2.21. The number of carbonyl (C=O) groups excluding carboxylic acids is 1. The standard InChI is InChI=1S/C14H25NO4S/c1-5-6-7-20-14(8-11(16)17)9-15(10-14)12(18)19-13(2,3)4/h5-10H2,1-4H3,(H,16,17). The van der Waals surface area contributed by atoms with Gasteiger partial charge in [0.15, 0.2) is 0 Å². The third-order valence-electron chi connectivity index (χ3n) is 2.99. The van der Waals surface area contributed by atoms with Crippen molar-refractivity contribution < 1.29 is 19.4 Å². The molecule has 116 valence electrons. The van der Waals surface area contributed by atoms with Crippen molar-refractivity contribution in [1.82, 2.24) is 4.90 Å². The molecule has 6 heteroatoms. The number of unbranched alkanes of at least 4 members (excludes halogenated alkanes) is 1. The molecule has 0 saturated carbocycles. The van der Waals surface area contributed by atoms with Gasteiger partial charge in [-0.15, -0.1) is 0 Å². The molecule has 0 aromatic heterocycles. The van der Waals surface area contributed by atoms with Crippen LogP contribution in [0.2, 0.25) is 0 Å². The summed E-state index contributed by atoms with van der Waals surface area (Å²) in [5.74, 6) is 0.129. The van der Waals surface area contributed by atoms with Crippen LogP contribution in [-0.4, -0.2) is 51.3 Å². The predicted molar refractivity (Wildman–Crippen MR) is 80.2 cm³/mol. The maximum atomic E-state index is 11.9. The topological polar surface area (TPSA) is 66.8 Å². The maximum absolute atomic E-state index is 11.9. The molecule has 1 amide bonds. The molecule has 0 spiro atoms. The Balaban J connectivity index is 2.52. The fourth-order valence-electron chi connectivity index (χ4n) is 2.07. The molecule has 0 radical (unpaired) electrons. The van der Waals surface area contributed by atoms with E-state index in [0.717, 1.165) is 18.6 Å². The van der Waals surface area contributed by atoms with Gasteiger partial charge in [0, 0.05) is 13.1 Å². The van der Waals surface area contributed by atoms with Crippen LogP contribution in [0, 0.1) is 0 Å². The lowest BCUT2D eigenvalue weighted by atomic mass is 9.95. The zero-order valence-corrected chi connectivity index (χ0v) is 13.6. The third-order valence-corrected chi connectivity index (χ3v) is 4.50. The molecule has 1 aliphatic heterocycles. The van der Waals surface area contributed by atoms with E-state index in [1.165, 1.54) is 0 Å². The van der Waals surface area contributed by atoms with Crippen molar-refractivity contribution in [2.75, 3.05) is 18.8 Å². The molecule has 0 bridgehead atoms. The number of ether oxygens (including phenoxy) is 1. The van der Waals surface area contributed by atoms with Gasteiger partial charge in [0.05, 0.1) is 11.2 Å². The summed E-state index contributed by atoms with van der Waals surface area (Å²) < 4.78 is 4.96. The summed E-state index contributed by atoms with van der Waals surface area (Å²) in [6.45, 7) is 8.50. The van der Waals surface area contributed by atoms with Crippen molar-refractivity contribution in [3.05, 3.63) is 0 Å². The van der Waals surface area contributed by atoms with Gasteiger partial charge in [-0.05, 0) is 32.9 Å². The smallest absolute Gasteiger partial charge is 0.410 e. The molecule has 1 N–H and O–H groups in total. The molecule has 1 saturated heterocycles. The Kier molecular flexibility index (Phi) is 5.74. The number of hydrogen-bond donors (Lipinski definition) is 1. The van der Waals surface area contributed by atoms with Crippen molar-refractivity contribution in [3.8, 4) is 0 Å². The lowest BCUT2D eigenvalue weighted by Gasteiger charge is -2.48. The summed E-state index contributed by atoms with van der Waals surface area (Å²) in [6.07, 6.45) is 1.90. The second-order valence-electron chi connectivity index (χ2n) is 6.29. The predicted octanol–water partition coefficient (Wildman–Crippen LogP) is 2.98. The minimum absolute atomic E-state index is 0.0979. The normalized spacial score (nSPS) is 17.5. The Morgan fingerprint density at radius 1 is 1.35 bits per heavy atom. The van der Waals surface area contributed by atoms with Crippen molar-refractivity contribution in [3.63, 3.8) is 0 Å². The summed E-state index contributed by atoms with van der Waals surface area (Å²) in [5, 5.41) is 9.03. The fourth-order valence-corrected chi connectivity index (χ4v) is 3.65. The number of rotatable bonds is 6. The van der Waals surface area contributed by atoms with Gasteiger partial charge < -0.3 is 14.7 Å². The Labute approximate surface area is 125 Å². The van der Waals surface area contributed by atoms with Crippen molar-refractivity contribution >= 4 is 23.8 Å². The summed E-state index contributed by atoms with van der Waals surface area (Å²) in [6, 6.07) is 0. The molecule has 1 aliphatic rings. The summed E-state index contributed by atoms with van der Waals surface area (Å²) in [4.78, 5) is 24.5. The number of carbonyl (C=O) groups is 2. The monoisotopic (exact) mass is 303 g/mol. The second-order valence-corrected chi connectivity index (χ2v) is 7.85. The quantitative estimate of drug-likeness (QED) is 0.764. The number of nitrogens with zero attached hydrogens (tertiary/aromatic N) is 1. The molecule has 5 nitrogen and oxygen atoms in total. The number of hydrogen-bond acceptors (Lipinski definition) is 4. The molecular weight excluding hydrogens is 278 g/mol. The number of amides is 1. The SMILES string of the molecule is CCCCSC1(CC(=O)O)CN(C(=O)OC(C)(C)C)C1. The van der Waals surface area contributed by atoms with E-state index in [2.05, 4.69) is 6.92 Å². The number of carboxylic acids is 1. The van der Waals surface area contributed by atoms with Crippen LogP contribution in [0.1, 0.15) is 47.0 Å². The maximum Gasteiger partial charge on any atom is 0.410 e. The first-order valence-electron chi connectivity index (χ1n) is 7.01. The molecule has 0 atom stereocenters. The van der Waals surface area contributed by atoms with E-state index in [1.54, 1.807) is 16.7 Å². The van der Waals surface area contributed by atoms with Gasteiger partial charge in [-0.1, -0.05) is 13.3 Å². The highest BCUT2D eigenvalue weighted by Crippen LogP contribution is 2.39. The lowest BCUT2D eigenvalue weighted by molar-refractivity contribution is -0.138. The van der Waals surface area contributed by atoms with E-state index >= 15 is 0 Å². The summed E-state index contributed by atoms with van der Waals surface area (Å²) in [5.41, 5.74) is -0.516. The molecule has 20 heavy (non-hydrogen) atoms. The minimum Gasteiger partial charge on any atom is -0.481 e. The summed E-state index contributed by atoms with van der Waals surface area (Å²) in [7, 11) is 0. The van der Waals surface area contributed by atoms with Crippen LogP contribution < -0.4 is 0 Å². The van der Waals surface area contributed by atoms with Gasteiger partial charge in [0.1, 0.15) is 5.60 Å². The molecule has 1 fully saturated rings. The molecule has 1 heterocycles. The van der Waals surface area contributed by atoms with Gasteiger partial charge in [0.2, 0.25) is 0 Å². The number of likely N-dealkylation sites (tertiary alicyclic amines) is 1. The molecule has 0 aliphatic carbocycles. The number of thioether (sulfide) groups is 1. The average molecular weight is 303 g/mol. The van der Waals surface area contributed by atoms with Crippen LogP contribution in [-0.2, 0) is 9.53 Å². The third kappa shape index (κ3) is 5.23.